The van der Waals surface area contributed by atoms with Gasteiger partial charge in [0.15, 0.2) is 9.84 Å². The van der Waals surface area contributed by atoms with E-state index in [1.54, 1.807) is 11.3 Å². The predicted octanol–water partition coefficient (Wildman–Crippen LogP) is 11.0. The summed E-state index contributed by atoms with van der Waals surface area (Å²) in [6, 6.07) is 40.0. The third-order valence-electron chi connectivity index (χ3n) is 8.32. The molecule has 0 N–H and O–H groups in total. The first-order valence-corrected chi connectivity index (χ1v) is 17.2. The van der Waals surface area contributed by atoms with E-state index in [0.717, 1.165) is 83.2 Å². The third-order valence-corrected chi connectivity index (χ3v) is 11.4. The number of unbranched alkanes of at least 4 members (excludes halogenated alkanes) is 3. The van der Waals surface area contributed by atoms with Gasteiger partial charge in [0.25, 0.3) is 0 Å². The van der Waals surface area contributed by atoms with Gasteiger partial charge in [-0.25, -0.2) is 8.42 Å². The molecule has 0 saturated heterocycles. The van der Waals surface area contributed by atoms with E-state index in [1.165, 1.54) is 0 Å². The molecule has 0 amide bonds. The van der Waals surface area contributed by atoms with Crippen molar-refractivity contribution in [2.75, 3.05) is 5.75 Å². The lowest BCUT2D eigenvalue weighted by atomic mass is 9.95. The highest BCUT2D eigenvalue weighted by Gasteiger charge is 2.27. The summed E-state index contributed by atoms with van der Waals surface area (Å²) < 4.78 is 28.5. The SMILES string of the molecule is CCCCCCS(=O)(=O)c1cc(-c2c3ccccc3cc3ccccc23)sc1-c1c2ccccc2cc2ccccc12. The van der Waals surface area contributed by atoms with Gasteiger partial charge in [-0.15, -0.1) is 11.3 Å². The largest absolute Gasteiger partial charge is 0.224 e. The fourth-order valence-corrected chi connectivity index (χ4v) is 9.54. The average molecular weight is 585 g/mol. The molecule has 0 radical (unpaired) electrons. The number of fused-ring (bicyclic) bond motifs is 4. The van der Waals surface area contributed by atoms with Crippen LogP contribution in [0.15, 0.2) is 120 Å². The van der Waals surface area contributed by atoms with Crippen LogP contribution in [-0.2, 0) is 9.84 Å². The van der Waals surface area contributed by atoms with Crippen LogP contribution in [0.1, 0.15) is 32.6 Å². The van der Waals surface area contributed by atoms with E-state index >= 15 is 0 Å². The molecule has 0 aliphatic heterocycles. The Balaban J connectivity index is 1.56. The van der Waals surface area contributed by atoms with Crippen molar-refractivity contribution in [3.8, 4) is 20.9 Å². The minimum absolute atomic E-state index is 0.162. The summed E-state index contributed by atoms with van der Waals surface area (Å²) in [7, 11) is -3.54. The van der Waals surface area contributed by atoms with Crippen molar-refractivity contribution in [1.29, 1.82) is 0 Å². The second-order valence-corrected chi connectivity index (χ2v) is 14.2. The Morgan fingerprint density at radius 2 is 1.00 bits per heavy atom. The Morgan fingerprint density at radius 1 is 0.548 bits per heavy atom. The Kier molecular flexibility index (Phi) is 7.05. The fraction of sp³-hybridized carbons (Fsp3) is 0.158. The van der Waals surface area contributed by atoms with Crippen LogP contribution in [0.5, 0.6) is 0 Å². The molecule has 0 atom stereocenters. The Bertz CT molecular complexity index is 2100. The van der Waals surface area contributed by atoms with Crippen molar-refractivity contribution in [3.63, 3.8) is 0 Å². The minimum atomic E-state index is -3.54. The highest BCUT2D eigenvalue weighted by molar-refractivity contribution is 7.91. The van der Waals surface area contributed by atoms with Crippen molar-refractivity contribution >= 4 is 64.3 Å². The number of thiophene rings is 1. The first-order valence-electron chi connectivity index (χ1n) is 14.7. The molecule has 0 fully saturated rings. The average Bonchev–Trinajstić information content (AvgIpc) is 3.46. The minimum Gasteiger partial charge on any atom is -0.224 e. The molecule has 0 bridgehead atoms. The zero-order valence-corrected chi connectivity index (χ0v) is 25.3. The Labute approximate surface area is 251 Å². The van der Waals surface area contributed by atoms with E-state index in [4.69, 9.17) is 0 Å². The summed E-state index contributed by atoms with van der Waals surface area (Å²) in [5.41, 5.74) is 2.11. The standard InChI is InChI=1S/C38H32O2S2/c1-2-3-4-13-22-42(39,40)35-25-34(36-30-18-9-5-14-26(30)23-27-15-6-10-19-31(27)36)41-38(35)37-32-20-11-7-16-28(32)24-29-17-8-12-21-33(29)37/h5-12,14-21,23-25H,2-4,13,22H2,1H3. The van der Waals surface area contributed by atoms with Crippen LogP contribution in [0.3, 0.4) is 0 Å². The molecular weight excluding hydrogens is 553 g/mol. The van der Waals surface area contributed by atoms with Gasteiger partial charge in [-0.1, -0.05) is 123 Å². The van der Waals surface area contributed by atoms with Crippen LogP contribution >= 0.6 is 11.3 Å². The topological polar surface area (TPSA) is 34.1 Å². The number of hydrogen-bond acceptors (Lipinski definition) is 3. The fourth-order valence-electron chi connectivity index (χ4n) is 6.27. The van der Waals surface area contributed by atoms with Crippen LogP contribution < -0.4 is 0 Å². The van der Waals surface area contributed by atoms with Crippen LogP contribution in [0, 0.1) is 0 Å². The first-order chi connectivity index (χ1) is 20.5. The Hall–Kier alpha value is -3.99. The van der Waals surface area contributed by atoms with Gasteiger partial charge in [0, 0.05) is 16.0 Å². The number of hydrogen-bond donors (Lipinski definition) is 0. The van der Waals surface area contributed by atoms with E-state index in [1.807, 2.05) is 30.3 Å². The van der Waals surface area contributed by atoms with Gasteiger partial charge >= 0.3 is 0 Å². The van der Waals surface area contributed by atoms with Crippen LogP contribution in [-0.4, -0.2) is 14.2 Å². The highest BCUT2D eigenvalue weighted by Crippen LogP contribution is 2.49. The monoisotopic (exact) mass is 584 g/mol. The van der Waals surface area contributed by atoms with Crippen LogP contribution in [0.2, 0.25) is 0 Å². The molecule has 0 unspecified atom stereocenters. The molecule has 0 spiro atoms. The van der Waals surface area contributed by atoms with E-state index in [2.05, 4.69) is 91.9 Å². The molecular formula is C38H32O2S2. The maximum Gasteiger partial charge on any atom is 0.179 e. The third kappa shape index (κ3) is 4.69. The lowest BCUT2D eigenvalue weighted by Gasteiger charge is -2.13. The summed E-state index contributed by atoms with van der Waals surface area (Å²) in [5.74, 6) is 0.162. The molecule has 0 saturated carbocycles. The van der Waals surface area contributed by atoms with Gasteiger partial charge in [-0.3, -0.25) is 0 Å². The van der Waals surface area contributed by atoms with E-state index in [-0.39, 0.29) is 5.75 Å². The van der Waals surface area contributed by atoms with E-state index in [0.29, 0.717) is 11.3 Å². The molecule has 4 heteroatoms. The smallest absolute Gasteiger partial charge is 0.179 e. The van der Waals surface area contributed by atoms with Gasteiger partial charge < -0.3 is 0 Å². The number of benzene rings is 6. The molecule has 1 aromatic heterocycles. The normalized spacial score (nSPS) is 12.1. The van der Waals surface area contributed by atoms with Gasteiger partial charge in [-0.05, 0) is 67.7 Å². The molecule has 42 heavy (non-hydrogen) atoms. The van der Waals surface area contributed by atoms with Gasteiger partial charge in [-0.2, -0.15) is 0 Å². The predicted molar refractivity (Wildman–Crippen MR) is 181 cm³/mol. The van der Waals surface area contributed by atoms with E-state index < -0.39 is 9.84 Å². The molecule has 0 aliphatic carbocycles. The maximum atomic E-state index is 14.2. The summed E-state index contributed by atoms with van der Waals surface area (Å²) in [6.45, 7) is 2.15. The maximum absolute atomic E-state index is 14.2. The second-order valence-electron chi connectivity index (χ2n) is 11.1. The molecule has 6 aromatic carbocycles. The van der Waals surface area contributed by atoms with Crippen LogP contribution in [0.4, 0.5) is 0 Å². The zero-order valence-electron chi connectivity index (χ0n) is 23.6. The summed E-state index contributed by atoms with van der Waals surface area (Å²) in [6.07, 6.45) is 3.72. The lowest BCUT2D eigenvalue weighted by molar-refractivity contribution is 0.589. The zero-order chi connectivity index (χ0) is 28.7. The van der Waals surface area contributed by atoms with Crippen molar-refractivity contribution < 1.29 is 8.42 Å². The molecule has 1 heterocycles. The summed E-state index contributed by atoms with van der Waals surface area (Å²) >= 11 is 1.62. The molecule has 7 rings (SSSR count). The Morgan fingerprint density at radius 3 is 1.48 bits per heavy atom. The van der Waals surface area contributed by atoms with Gasteiger partial charge in [0.2, 0.25) is 0 Å². The quantitative estimate of drug-likeness (QED) is 0.131. The lowest BCUT2D eigenvalue weighted by Crippen LogP contribution is -2.07. The second kappa shape index (κ2) is 11.0. The molecule has 2 nitrogen and oxygen atoms in total. The van der Waals surface area contributed by atoms with E-state index in [9.17, 15) is 8.42 Å². The highest BCUT2D eigenvalue weighted by atomic mass is 32.2. The van der Waals surface area contributed by atoms with Gasteiger partial charge in [0.05, 0.1) is 15.5 Å². The van der Waals surface area contributed by atoms with Gasteiger partial charge in [0.1, 0.15) is 0 Å². The molecule has 208 valence electrons. The van der Waals surface area contributed by atoms with Crippen molar-refractivity contribution in [2.24, 2.45) is 0 Å². The number of rotatable bonds is 8. The van der Waals surface area contributed by atoms with Crippen LogP contribution in [0.25, 0.3) is 64.0 Å². The van der Waals surface area contributed by atoms with Crippen molar-refractivity contribution in [3.05, 3.63) is 115 Å². The first kappa shape index (κ1) is 26.9. The summed E-state index contributed by atoms with van der Waals surface area (Å²) in [5, 5.41) is 8.97. The molecule has 0 aliphatic rings. The van der Waals surface area contributed by atoms with Crippen molar-refractivity contribution in [1.82, 2.24) is 0 Å². The molecule has 7 aromatic rings. The number of sulfone groups is 1. The summed E-state index contributed by atoms with van der Waals surface area (Å²) in [4.78, 5) is 2.28. The van der Waals surface area contributed by atoms with Crippen molar-refractivity contribution in [2.45, 2.75) is 37.5 Å².